The number of phenols is 1. The standard InChI is InChI=1S/C19H23NO4/c1-22-17-5-4-12(9-16(17)21)8-15-14-11-19(24-3)18(23-2)10-13(14)6-7-20-15/h4-5,9-11,15,20-21H,6-8H2,1-3H3/p+1/t15-/m1/s1. The lowest BCUT2D eigenvalue weighted by Gasteiger charge is -2.25. The van der Waals surface area contributed by atoms with Gasteiger partial charge in [0.25, 0.3) is 0 Å². The molecule has 0 aliphatic carbocycles. The van der Waals surface area contributed by atoms with Gasteiger partial charge < -0.3 is 24.6 Å². The molecule has 0 fully saturated rings. The van der Waals surface area contributed by atoms with E-state index in [1.807, 2.05) is 12.1 Å². The van der Waals surface area contributed by atoms with Gasteiger partial charge in [0, 0.05) is 18.4 Å². The van der Waals surface area contributed by atoms with Crippen molar-refractivity contribution < 1.29 is 24.6 Å². The van der Waals surface area contributed by atoms with E-state index in [1.165, 1.54) is 11.1 Å². The Morgan fingerprint density at radius 2 is 1.71 bits per heavy atom. The zero-order chi connectivity index (χ0) is 17.1. The molecule has 5 heteroatoms. The van der Waals surface area contributed by atoms with Crippen LogP contribution in [0.4, 0.5) is 0 Å². The zero-order valence-corrected chi connectivity index (χ0v) is 14.3. The number of phenolic OH excluding ortho intramolecular Hbond substituents is 1. The highest BCUT2D eigenvalue weighted by molar-refractivity contribution is 5.49. The first-order valence-electron chi connectivity index (χ1n) is 8.10. The molecule has 0 radical (unpaired) electrons. The zero-order valence-electron chi connectivity index (χ0n) is 14.3. The number of benzene rings is 2. The third-order valence-corrected chi connectivity index (χ3v) is 4.61. The Morgan fingerprint density at radius 3 is 2.38 bits per heavy atom. The number of nitrogens with two attached hydrogens (primary N) is 1. The lowest BCUT2D eigenvalue weighted by atomic mass is 9.89. The SMILES string of the molecule is COc1ccc(C[C@H]2[NH2+]CCc3cc(OC)c(OC)cc32)cc1O. The Labute approximate surface area is 142 Å². The van der Waals surface area contributed by atoms with Crippen LogP contribution >= 0.6 is 0 Å². The molecule has 0 spiro atoms. The summed E-state index contributed by atoms with van der Waals surface area (Å²) < 4.78 is 16.0. The van der Waals surface area contributed by atoms with Crippen LogP contribution in [-0.4, -0.2) is 33.0 Å². The highest BCUT2D eigenvalue weighted by Crippen LogP contribution is 2.35. The molecule has 0 saturated heterocycles. The number of rotatable bonds is 5. The van der Waals surface area contributed by atoms with E-state index in [4.69, 9.17) is 14.2 Å². The smallest absolute Gasteiger partial charge is 0.161 e. The molecule has 0 unspecified atom stereocenters. The van der Waals surface area contributed by atoms with Crippen LogP contribution in [0.25, 0.3) is 0 Å². The molecule has 3 rings (SSSR count). The summed E-state index contributed by atoms with van der Waals surface area (Å²) in [6.45, 7) is 1.04. The van der Waals surface area contributed by atoms with Crippen LogP contribution in [0.15, 0.2) is 30.3 Å². The maximum Gasteiger partial charge on any atom is 0.161 e. The number of hydrogen-bond acceptors (Lipinski definition) is 4. The van der Waals surface area contributed by atoms with Crippen LogP contribution in [0, 0.1) is 0 Å². The molecule has 0 bridgehead atoms. The summed E-state index contributed by atoms with van der Waals surface area (Å²) in [6, 6.07) is 10.0. The minimum atomic E-state index is 0.179. The molecule has 128 valence electrons. The Hall–Kier alpha value is -2.40. The molecule has 0 aromatic heterocycles. The molecule has 3 N–H and O–H groups in total. The predicted octanol–water partition coefficient (Wildman–Crippen LogP) is 1.82. The van der Waals surface area contributed by atoms with Gasteiger partial charge in [0.05, 0.1) is 27.9 Å². The maximum atomic E-state index is 9.99. The highest BCUT2D eigenvalue weighted by Gasteiger charge is 2.26. The van der Waals surface area contributed by atoms with E-state index in [9.17, 15) is 5.11 Å². The van der Waals surface area contributed by atoms with Crippen molar-refractivity contribution in [3.05, 3.63) is 47.0 Å². The van der Waals surface area contributed by atoms with Gasteiger partial charge in [-0.2, -0.15) is 0 Å². The maximum absolute atomic E-state index is 9.99. The number of hydrogen-bond donors (Lipinski definition) is 2. The van der Waals surface area contributed by atoms with E-state index >= 15 is 0 Å². The number of methoxy groups -OCH3 is 3. The van der Waals surface area contributed by atoms with Gasteiger partial charge in [-0.15, -0.1) is 0 Å². The largest absolute Gasteiger partial charge is 0.504 e. The van der Waals surface area contributed by atoms with Crippen LogP contribution in [0.5, 0.6) is 23.0 Å². The van der Waals surface area contributed by atoms with Gasteiger partial charge >= 0.3 is 0 Å². The van der Waals surface area contributed by atoms with Crippen molar-refractivity contribution in [1.29, 1.82) is 0 Å². The molecule has 1 aliphatic heterocycles. The second-order valence-corrected chi connectivity index (χ2v) is 6.00. The predicted molar refractivity (Wildman–Crippen MR) is 91.1 cm³/mol. The van der Waals surface area contributed by atoms with Gasteiger partial charge in [-0.25, -0.2) is 0 Å². The first-order valence-corrected chi connectivity index (χ1v) is 8.10. The average Bonchev–Trinajstić information content (AvgIpc) is 2.61. The molecular weight excluding hydrogens is 306 g/mol. The molecule has 0 amide bonds. The minimum Gasteiger partial charge on any atom is -0.504 e. The average molecular weight is 330 g/mol. The molecule has 0 saturated carbocycles. The Bertz CT molecular complexity index is 730. The van der Waals surface area contributed by atoms with Crippen molar-refractivity contribution >= 4 is 0 Å². The Kier molecular flexibility index (Phi) is 4.81. The molecule has 24 heavy (non-hydrogen) atoms. The minimum absolute atomic E-state index is 0.179. The second kappa shape index (κ2) is 7.01. The quantitative estimate of drug-likeness (QED) is 0.878. The molecule has 1 atom stereocenters. The van der Waals surface area contributed by atoms with Crippen molar-refractivity contribution in [3.63, 3.8) is 0 Å². The van der Waals surface area contributed by atoms with E-state index in [0.717, 1.165) is 36.4 Å². The highest BCUT2D eigenvalue weighted by atomic mass is 16.5. The van der Waals surface area contributed by atoms with Crippen LogP contribution in [0.2, 0.25) is 0 Å². The van der Waals surface area contributed by atoms with Crippen molar-refractivity contribution in [3.8, 4) is 23.0 Å². The van der Waals surface area contributed by atoms with Crippen molar-refractivity contribution in [2.24, 2.45) is 0 Å². The fourth-order valence-electron chi connectivity index (χ4n) is 3.38. The van der Waals surface area contributed by atoms with E-state index < -0.39 is 0 Å². The molecular formula is C19H24NO4+. The second-order valence-electron chi connectivity index (χ2n) is 6.00. The fraction of sp³-hybridized carbons (Fsp3) is 0.368. The molecule has 5 nitrogen and oxygen atoms in total. The number of quaternary nitrogens is 1. The van der Waals surface area contributed by atoms with Gasteiger partial charge in [0.15, 0.2) is 23.0 Å². The lowest BCUT2D eigenvalue weighted by molar-refractivity contribution is -0.698. The monoisotopic (exact) mass is 330 g/mol. The van der Waals surface area contributed by atoms with Gasteiger partial charge in [-0.1, -0.05) is 6.07 Å². The number of fused-ring (bicyclic) bond motifs is 1. The van der Waals surface area contributed by atoms with E-state index in [1.54, 1.807) is 27.4 Å². The first kappa shape index (κ1) is 16.5. The van der Waals surface area contributed by atoms with Gasteiger partial charge in [-0.05, 0) is 35.4 Å². The van der Waals surface area contributed by atoms with Gasteiger partial charge in [0.1, 0.15) is 6.04 Å². The summed E-state index contributed by atoms with van der Waals surface area (Å²) in [7, 11) is 4.88. The Morgan fingerprint density at radius 1 is 1.00 bits per heavy atom. The van der Waals surface area contributed by atoms with E-state index in [-0.39, 0.29) is 5.75 Å². The number of aromatic hydroxyl groups is 1. The van der Waals surface area contributed by atoms with Gasteiger partial charge in [0.2, 0.25) is 0 Å². The fourth-order valence-corrected chi connectivity index (χ4v) is 3.38. The van der Waals surface area contributed by atoms with Crippen LogP contribution in [-0.2, 0) is 12.8 Å². The summed E-state index contributed by atoms with van der Waals surface area (Å²) in [6.07, 6.45) is 1.85. The lowest BCUT2D eigenvalue weighted by Crippen LogP contribution is -2.87. The molecule has 2 aromatic rings. The first-order chi connectivity index (χ1) is 11.7. The molecule has 1 heterocycles. The van der Waals surface area contributed by atoms with Crippen LogP contribution in [0.3, 0.4) is 0 Å². The molecule has 1 aliphatic rings. The van der Waals surface area contributed by atoms with E-state index in [2.05, 4.69) is 17.4 Å². The van der Waals surface area contributed by atoms with Crippen molar-refractivity contribution in [2.45, 2.75) is 18.9 Å². The number of ether oxygens (including phenoxy) is 3. The summed E-state index contributed by atoms with van der Waals surface area (Å²) in [4.78, 5) is 0. The summed E-state index contributed by atoms with van der Waals surface area (Å²) in [5.41, 5.74) is 3.66. The summed E-state index contributed by atoms with van der Waals surface area (Å²) in [5, 5.41) is 12.3. The topological polar surface area (TPSA) is 64.5 Å². The van der Waals surface area contributed by atoms with Crippen LogP contribution in [0.1, 0.15) is 22.7 Å². The van der Waals surface area contributed by atoms with Crippen LogP contribution < -0.4 is 19.5 Å². The van der Waals surface area contributed by atoms with Gasteiger partial charge in [-0.3, -0.25) is 0 Å². The van der Waals surface area contributed by atoms with E-state index in [0.29, 0.717) is 11.8 Å². The Balaban J connectivity index is 1.90. The van der Waals surface area contributed by atoms with Crippen molar-refractivity contribution in [1.82, 2.24) is 0 Å². The normalized spacial score (nSPS) is 16.4. The third kappa shape index (κ3) is 3.12. The summed E-state index contributed by atoms with van der Waals surface area (Å²) >= 11 is 0. The third-order valence-electron chi connectivity index (χ3n) is 4.61. The molecule has 2 aromatic carbocycles. The van der Waals surface area contributed by atoms with Crippen molar-refractivity contribution in [2.75, 3.05) is 27.9 Å². The summed E-state index contributed by atoms with van der Waals surface area (Å²) in [5.74, 6) is 2.21.